The van der Waals surface area contributed by atoms with Crippen LogP contribution in [0.1, 0.15) is 6.92 Å². The van der Waals surface area contributed by atoms with E-state index in [2.05, 4.69) is 0 Å². The largest absolute Gasteiger partial charge is 0.345 e. The van der Waals surface area contributed by atoms with Crippen molar-refractivity contribution >= 4 is 0 Å². The second-order valence-electron chi connectivity index (χ2n) is 3.41. The summed E-state index contributed by atoms with van der Waals surface area (Å²) in [5, 5.41) is 81.2. The molecular formula is C5H15N3O9. The third-order valence-electron chi connectivity index (χ3n) is 1.25. The normalized spacial score (nSPS) is 15.2. The lowest BCUT2D eigenvalue weighted by Gasteiger charge is -2.40. The number of hydrogen-bond donors (Lipinski definition) is 12. The monoisotopic (exact) mass is 261 g/mol. The van der Waals surface area contributed by atoms with E-state index in [9.17, 15) is 0 Å². The molecule has 17 heavy (non-hydrogen) atoms. The smallest absolute Gasteiger partial charge is 0.330 e. The fourth-order valence-electron chi connectivity index (χ4n) is 1.10. The Labute approximate surface area is 94.0 Å². The molecule has 0 aliphatic carbocycles. The Hall–Kier alpha value is -0.480. The molecule has 0 aliphatic rings. The minimum Gasteiger partial charge on any atom is -0.330 e. The van der Waals surface area contributed by atoms with E-state index in [1.807, 2.05) is 0 Å². The number of rotatable bonds is 6. The topological polar surface area (TPSA) is 218 Å². The Kier molecular flexibility index (Phi) is 4.52. The van der Waals surface area contributed by atoms with Gasteiger partial charge in [0.1, 0.15) is 5.79 Å². The Morgan fingerprint density at radius 3 is 0.824 bits per heavy atom. The summed E-state index contributed by atoms with van der Waals surface area (Å²) in [4.78, 5) is 0. The molecule has 12 nitrogen and oxygen atoms in total. The summed E-state index contributed by atoms with van der Waals surface area (Å²) in [6, 6.07) is 0. The molecule has 0 aromatic carbocycles. The average Bonchev–Trinajstić information content (AvgIpc) is 1.65. The van der Waals surface area contributed by atoms with Crippen LogP contribution in [0.2, 0.25) is 0 Å². The van der Waals surface area contributed by atoms with Crippen LogP contribution in [0, 0.1) is 0 Å². The first kappa shape index (κ1) is 16.5. The first-order valence-corrected chi connectivity index (χ1v) is 4.01. The van der Waals surface area contributed by atoms with Crippen molar-refractivity contribution in [3.8, 4) is 0 Å². The first-order chi connectivity index (χ1) is 7.12. The van der Waals surface area contributed by atoms with E-state index >= 15 is 0 Å². The van der Waals surface area contributed by atoms with Crippen molar-refractivity contribution in [3.05, 3.63) is 0 Å². The highest BCUT2D eigenvalue weighted by molar-refractivity contribution is 4.80. The van der Waals surface area contributed by atoms with Crippen molar-refractivity contribution in [2.75, 3.05) is 0 Å². The van der Waals surface area contributed by atoms with Gasteiger partial charge in [-0.2, -0.15) is 0 Å². The van der Waals surface area contributed by atoms with Gasteiger partial charge in [0.05, 0.1) is 0 Å². The van der Waals surface area contributed by atoms with Gasteiger partial charge in [0.15, 0.2) is 0 Å². The molecule has 0 aliphatic heterocycles. The Balaban J connectivity index is 4.95. The van der Waals surface area contributed by atoms with E-state index in [4.69, 9.17) is 46.0 Å². The minimum atomic E-state index is -3.62. The molecule has 0 fully saturated rings. The first-order valence-electron chi connectivity index (χ1n) is 4.01. The Morgan fingerprint density at radius 2 is 0.706 bits per heavy atom. The molecule has 0 spiro atoms. The van der Waals surface area contributed by atoms with Crippen molar-refractivity contribution in [2.24, 2.45) is 0 Å². The zero-order valence-electron chi connectivity index (χ0n) is 8.52. The Bertz CT molecular complexity index is 210. The van der Waals surface area contributed by atoms with E-state index in [-0.39, 0.29) is 0 Å². The maximum Gasteiger partial charge on any atom is 0.345 e. The van der Waals surface area contributed by atoms with Gasteiger partial charge < -0.3 is 46.0 Å². The summed E-state index contributed by atoms with van der Waals surface area (Å²) < 4.78 is 0. The highest BCUT2D eigenvalue weighted by Gasteiger charge is 2.43. The number of aliphatic hydroxyl groups is 9. The van der Waals surface area contributed by atoms with Gasteiger partial charge in [-0.3, -0.25) is 0 Å². The van der Waals surface area contributed by atoms with Crippen LogP contribution in [0.4, 0.5) is 0 Å². The molecule has 12 N–H and O–H groups in total. The predicted molar refractivity (Wildman–Crippen MR) is 46.0 cm³/mol. The fraction of sp³-hybridized carbons (Fsp3) is 1.00. The van der Waals surface area contributed by atoms with Crippen molar-refractivity contribution < 1.29 is 46.0 Å². The predicted octanol–water partition coefficient (Wildman–Crippen LogP) is -6.81. The van der Waals surface area contributed by atoms with Crippen LogP contribution >= 0.6 is 0 Å². The SMILES string of the molecule is CC(NC(O)(O)O)(NC(O)(O)O)NC(O)(O)O. The summed E-state index contributed by atoms with van der Waals surface area (Å²) in [5.41, 5.74) is 0. The van der Waals surface area contributed by atoms with Gasteiger partial charge in [0.2, 0.25) is 0 Å². The van der Waals surface area contributed by atoms with Gasteiger partial charge in [0.25, 0.3) is 0 Å². The summed E-state index contributed by atoms with van der Waals surface area (Å²) in [5.74, 6) is -2.55. The second-order valence-corrected chi connectivity index (χ2v) is 3.41. The quantitative estimate of drug-likeness (QED) is 0.201. The molecule has 0 bridgehead atoms. The third kappa shape index (κ3) is 9.24. The van der Waals surface area contributed by atoms with Crippen molar-refractivity contribution in [2.45, 2.75) is 31.0 Å². The van der Waals surface area contributed by atoms with Gasteiger partial charge >= 0.3 is 18.3 Å². The Morgan fingerprint density at radius 1 is 0.529 bits per heavy atom. The van der Waals surface area contributed by atoms with Crippen LogP contribution < -0.4 is 16.0 Å². The molecule has 104 valence electrons. The van der Waals surface area contributed by atoms with Gasteiger partial charge in [-0.25, -0.2) is 16.0 Å². The number of hydrogen-bond acceptors (Lipinski definition) is 12. The van der Waals surface area contributed by atoms with E-state index < -0.39 is 24.1 Å². The van der Waals surface area contributed by atoms with Gasteiger partial charge in [-0.05, 0) is 6.92 Å². The molecular weight excluding hydrogens is 246 g/mol. The van der Waals surface area contributed by atoms with Crippen molar-refractivity contribution in [3.63, 3.8) is 0 Å². The maximum atomic E-state index is 8.58. The van der Waals surface area contributed by atoms with Crippen LogP contribution in [0.25, 0.3) is 0 Å². The summed E-state index contributed by atoms with van der Waals surface area (Å²) in [7, 11) is 0. The second kappa shape index (κ2) is 4.65. The van der Waals surface area contributed by atoms with Gasteiger partial charge in [-0.15, -0.1) is 0 Å². The summed E-state index contributed by atoms with van der Waals surface area (Å²) in [6.45, 7) is 0.721. The van der Waals surface area contributed by atoms with Gasteiger partial charge in [-0.1, -0.05) is 0 Å². The highest BCUT2D eigenvalue weighted by Crippen LogP contribution is 2.06. The molecule has 0 aromatic heterocycles. The molecule has 0 heterocycles. The zero-order chi connectivity index (χ0) is 14.1. The van der Waals surface area contributed by atoms with E-state index in [1.165, 1.54) is 16.0 Å². The molecule has 12 heteroatoms. The standard InChI is InChI=1S/C5H15N3O9/c1-2(6-3(9,10)11,7-4(12,13)14)8-5(15,16)17/h6-17H,1H3. The molecule has 0 radical (unpaired) electrons. The number of nitrogens with one attached hydrogen (secondary N) is 3. The molecule has 0 saturated heterocycles. The average molecular weight is 261 g/mol. The third-order valence-corrected chi connectivity index (χ3v) is 1.25. The molecule has 0 aromatic rings. The van der Waals surface area contributed by atoms with Crippen LogP contribution in [-0.2, 0) is 0 Å². The van der Waals surface area contributed by atoms with Crippen LogP contribution in [0.15, 0.2) is 0 Å². The van der Waals surface area contributed by atoms with Crippen molar-refractivity contribution in [1.82, 2.24) is 16.0 Å². The fourth-order valence-corrected chi connectivity index (χ4v) is 1.10. The summed E-state index contributed by atoms with van der Waals surface area (Å²) in [6.07, 6.45) is -10.9. The van der Waals surface area contributed by atoms with Crippen LogP contribution in [0.5, 0.6) is 0 Å². The van der Waals surface area contributed by atoms with E-state index in [0.717, 1.165) is 6.92 Å². The minimum absolute atomic E-state index is 0.721. The lowest BCUT2D eigenvalue weighted by molar-refractivity contribution is -0.393. The highest BCUT2D eigenvalue weighted by atomic mass is 16.7. The van der Waals surface area contributed by atoms with Crippen LogP contribution in [0.3, 0.4) is 0 Å². The molecule has 0 atom stereocenters. The molecule has 0 saturated carbocycles. The lowest BCUT2D eigenvalue weighted by atomic mass is 10.3. The van der Waals surface area contributed by atoms with Crippen molar-refractivity contribution in [1.29, 1.82) is 0 Å². The molecule has 0 amide bonds. The summed E-state index contributed by atoms with van der Waals surface area (Å²) >= 11 is 0. The van der Waals surface area contributed by atoms with E-state index in [0.29, 0.717) is 0 Å². The maximum absolute atomic E-state index is 8.58. The van der Waals surface area contributed by atoms with Gasteiger partial charge in [0, 0.05) is 0 Å². The zero-order valence-corrected chi connectivity index (χ0v) is 8.52. The lowest BCUT2D eigenvalue weighted by Crippen LogP contribution is -2.78. The van der Waals surface area contributed by atoms with Crippen LogP contribution in [-0.4, -0.2) is 70.0 Å². The molecule has 0 rings (SSSR count). The van der Waals surface area contributed by atoms with E-state index in [1.54, 1.807) is 0 Å². The molecule has 0 unspecified atom stereocenters.